The number of carbonyl (C=O) groups is 1. The predicted molar refractivity (Wildman–Crippen MR) is 95.4 cm³/mol. The number of nitrogens with one attached hydrogen (secondary N) is 1. The Balaban J connectivity index is 2.00. The molecule has 124 valence electrons. The van der Waals surface area contributed by atoms with E-state index in [9.17, 15) is 10.1 Å². The van der Waals surface area contributed by atoms with E-state index >= 15 is 0 Å². The number of ether oxygens (including phenoxy) is 1. The minimum Gasteiger partial charge on any atom is -0.497 e. The van der Waals surface area contributed by atoms with Crippen molar-refractivity contribution in [3.8, 4) is 11.8 Å². The molecule has 0 unspecified atom stereocenters. The summed E-state index contributed by atoms with van der Waals surface area (Å²) in [5.41, 5.74) is 2.10. The summed E-state index contributed by atoms with van der Waals surface area (Å²) in [6.07, 6.45) is 0. The van der Waals surface area contributed by atoms with Gasteiger partial charge in [-0.25, -0.2) is 4.98 Å². The van der Waals surface area contributed by atoms with Crippen molar-refractivity contribution in [2.75, 3.05) is 18.2 Å². The number of hydrogen-bond donors (Lipinski definition) is 1. The molecule has 0 aliphatic heterocycles. The Morgan fingerprint density at radius 3 is 2.58 bits per heavy atom. The standard InChI is InChI=1S/C18H19N3O2S/c1-12(2)16-9-4-13(10-19)18(21-16)24-11-17(22)20-14-5-7-15(23-3)8-6-14/h4-9,12H,11H2,1-3H3,(H,20,22). The third-order valence-corrected chi connectivity index (χ3v) is 4.30. The molecule has 0 aliphatic rings. The van der Waals surface area contributed by atoms with Crippen LogP contribution in [0.15, 0.2) is 41.4 Å². The molecule has 24 heavy (non-hydrogen) atoms. The number of amides is 1. The maximum absolute atomic E-state index is 12.1. The molecule has 1 aromatic carbocycles. The van der Waals surface area contributed by atoms with Gasteiger partial charge in [-0.1, -0.05) is 25.6 Å². The van der Waals surface area contributed by atoms with Crippen molar-refractivity contribution in [2.24, 2.45) is 0 Å². The van der Waals surface area contributed by atoms with Crippen LogP contribution in [0, 0.1) is 11.3 Å². The average molecular weight is 341 g/mol. The minimum absolute atomic E-state index is 0.147. The van der Waals surface area contributed by atoms with Crippen molar-refractivity contribution in [2.45, 2.75) is 24.8 Å². The molecule has 6 heteroatoms. The molecular formula is C18H19N3O2S. The Kier molecular flexibility index (Phi) is 6.21. The monoisotopic (exact) mass is 341 g/mol. The summed E-state index contributed by atoms with van der Waals surface area (Å²) in [4.78, 5) is 16.6. The highest BCUT2D eigenvalue weighted by molar-refractivity contribution is 8.00. The van der Waals surface area contributed by atoms with Crippen LogP contribution in [0.25, 0.3) is 0 Å². The van der Waals surface area contributed by atoms with Gasteiger partial charge in [0.2, 0.25) is 5.91 Å². The van der Waals surface area contributed by atoms with Crippen LogP contribution in [0.5, 0.6) is 5.75 Å². The zero-order valence-corrected chi connectivity index (χ0v) is 14.7. The predicted octanol–water partition coefficient (Wildman–Crippen LogP) is 3.82. The molecule has 0 bridgehead atoms. The highest BCUT2D eigenvalue weighted by Gasteiger charge is 2.11. The third-order valence-electron chi connectivity index (χ3n) is 3.31. The minimum atomic E-state index is -0.147. The summed E-state index contributed by atoms with van der Waals surface area (Å²) >= 11 is 1.27. The Morgan fingerprint density at radius 2 is 2.00 bits per heavy atom. The Morgan fingerprint density at radius 1 is 1.29 bits per heavy atom. The molecule has 1 N–H and O–H groups in total. The lowest BCUT2D eigenvalue weighted by Crippen LogP contribution is -2.14. The van der Waals surface area contributed by atoms with Crippen molar-refractivity contribution in [3.63, 3.8) is 0 Å². The van der Waals surface area contributed by atoms with E-state index in [1.165, 1.54) is 11.8 Å². The summed E-state index contributed by atoms with van der Waals surface area (Å²) in [6.45, 7) is 4.08. The van der Waals surface area contributed by atoms with Gasteiger partial charge in [0, 0.05) is 11.4 Å². The summed E-state index contributed by atoms with van der Waals surface area (Å²) in [7, 11) is 1.59. The van der Waals surface area contributed by atoms with Gasteiger partial charge in [-0.15, -0.1) is 0 Å². The van der Waals surface area contributed by atoms with E-state index in [0.717, 1.165) is 11.4 Å². The van der Waals surface area contributed by atoms with Crippen LogP contribution in [0.4, 0.5) is 5.69 Å². The molecule has 2 rings (SSSR count). The van der Waals surface area contributed by atoms with Gasteiger partial charge in [-0.3, -0.25) is 4.79 Å². The number of nitriles is 1. The van der Waals surface area contributed by atoms with Gasteiger partial charge in [0.05, 0.1) is 18.4 Å². The number of thioether (sulfide) groups is 1. The first-order chi connectivity index (χ1) is 11.5. The SMILES string of the molecule is COc1ccc(NC(=O)CSc2nc(C(C)C)ccc2C#N)cc1. The fraction of sp³-hybridized carbons (Fsp3) is 0.278. The lowest BCUT2D eigenvalue weighted by Gasteiger charge is -2.09. The molecule has 1 aromatic heterocycles. The number of rotatable bonds is 6. The average Bonchev–Trinajstić information content (AvgIpc) is 2.60. The molecule has 0 aliphatic carbocycles. The largest absolute Gasteiger partial charge is 0.497 e. The summed E-state index contributed by atoms with van der Waals surface area (Å²) in [5, 5.41) is 12.6. The normalized spacial score (nSPS) is 10.3. The van der Waals surface area contributed by atoms with E-state index in [1.807, 2.05) is 19.9 Å². The van der Waals surface area contributed by atoms with E-state index < -0.39 is 0 Å². The van der Waals surface area contributed by atoms with Gasteiger partial charge in [0.1, 0.15) is 16.8 Å². The Bertz CT molecular complexity index is 752. The van der Waals surface area contributed by atoms with E-state index in [-0.39, 0.29) is 17.6 Å². The second kappa shape index (κ2) is 8.37. The van der Waals surface area contributed by atoms with Gasteiger partial charge in [0.15, 0.2) is 0 Å². The summed E-state index contributed by atoms with van der Waals surface area (Å²) in [6, 6.07) is 12.8. The lowest BCUT2D eigenvalue weighted by molar-refractivity contribution is -0.113. The van der Waals surface area contributed by atoms with E-state index in [1.54, 1.807) is 37.4 Å². The molecule has 1 heterocycles. The van der Waals surface area contributed by atoms with Gasteiger partial charge in [-0.05, 0) is 42.3 Å². The number of nitrogens with zero attached hydrogens (tertiary/aromatic N) is 2. The highest BCUT2D eigenvalue weighted by Crippen LogP contribution is 2.23. The Hall–Kier alpha value is -2.52. The lowest BCUT2D eigenvalue weighted by atomic mass is 10.1. The van der Waals surface area contributed by atoms with E-state index in [4.69, 9.17) is 4.74 Å². The molecular weight excluding hydrogens is 322 g/mol. The molecule has 0 saturated carbocycles. The van der Waals surface area contributed by atoms with Gasteiger partial charge in [-0.2, -0.15) is 5.26 Å². The topological polar surface area (TPSA) is 75.0 Å². The fourth-order valence-corrected chi connectivity index (χ4v) is 2.76. The smallest absolute Gasteiger partial charge is 0.234 e. The van der Waals surface area contributed by atoms with E-state index in [2.05, 4.69) is 16.4 Å². The van der Waals surface area contributed by atoms with Crippen LogP contribution < -0.4 is 10.1 Å². The maximum Gasteiger partial charge on any atom is 0.234 e. The zero-order valence-electron chi connectivity index (χ0n) is 13.9. The van der Waals surface area contributed by atoms with Crippen molar-refractivity contribution < 1.29 is 9.53 Å². The number of benzene rings is 1. The molecule has 1 amide bonds. The van der Waals surface area contributed by atoms with Crippen LogP contribution in [0.3, 0.4) is 0 Å². The quantitative estimate of drug-likeness (QED) is 0.809. The third kappa shape index (κ3) is 4.74. The number of anilines is 1. The van der Waals surface area contributed by atoms with Gasteiger partial charge in [0.25, 0.3) is 0 Å². The first-order valence-corrected chi connectivity index (χ1v) is 8.49. The molecule has 5 nitrogen and oxygen atoms in total. The fourth-order valence-electron chi connectivity index (χ4n) is 1.98. The van der Waals surface area contributed by atoms with Crippen molar-refractivity contribution >= 4 is 23.4 Å². The second-order valence-electron chi connectivity index (χ2n) is 5.42. The second-order valence-corrected chi connectivity index (χ2v) is 6.38. The number of hydrogen-bond acceptors (Lipinski definition) is 5. The Labute approximate surface area is 146 Å². The molecule has 2 aromatic rings. The molecule has 0 atom stereocenters. The first-order valence-electron chi connectivity index (χ1n) is 7.51. The number of pyridine rings is 1. The summed E-state index contributed by atoms with van der Waals surface area (Å²) < 4.78 is 5.08. The highest BCUT2D eigenvalue weighted by atomic mass is 32.2. The summed E-state index contributed by atoms with van der Waals surface area (Å²) in [5.74, 6) is 1.04. The maximum atomic E-state index is 12.1. The van der Waals surface area contributed by atoms with Crippen LogP contribution in [-0.4, -0.2) is 23.8 Å². The van der Waals surface area contributed by atoms with Crippen molar-refractivity contribution in [1.82, 2.24) is 4.98 Å². The van der Waals surface area contributed by atoms with Crippen molar-refractivity contribution in [3.05, 3.63) is 47.7 Å². The van der Waals surface area contributed by atoms with Crippen LogP contribution >= 0.6 is 11.8 Å². The number of aromatic nitrogens is 1. The molecule has 0 spiro atoms. The molecule has 0 saturated heterocycles. The van der Waals surface area contributed by atoms with Gasteiger partial charge >= 0.3 is 0 Å². The van der Waals surface area contributed by atoms with Crippen LogP contribution in [0.1, 0.15) is 31.0 Å². The number of methoxy groups -OCH3 is 1. The van der Waals surface area contributed by atoms with Crippen molar-refractivity contribution in [1.29, 1.82) is 5.26 Å². The molecule has 0 radical (unpaired) electrons. The number of carbonyl (C=O) groups excluding carboxylic acids is 1. The first kappa shape index (κ1) is 17.8. The molecule has 0 fully saturated rings. The van der Waals surface area contributed by atoms with Crippen LogP contribution in [0.2, 0.25) is 0 Å². The zero-order chi connectivity index (χ0) is 17.5. The van der Waals surface area contributed by atoms with Gasteiger partial charge < -0.3 is 10.1 Å². The van der Waals surface area contributed by atoms with Crippen LogP contribution in [-0.2, 0) is 4.79 Å². The van der Waals surface area contributed by atoms with E-state index in [0.29, 0.717) is 16.3 Å².